The zero-order valence-corrected chi connectivity index (χ0v) is 13.2. The number of hydrogen-bond donors (Lipinski definition) is 1. The Morgan fingerprint density at radius 3 is 2.80 bits per heavy atom. The van der Waals surface area contributed by atoms with Crippen molar-refractivity contribution in [3.05, 3.63) is 16.4 Å². The maximum Gasteiger partial charge on any atom is 0.310 e. The molecule has 1 aliphatic carbocycles. The van der Waals surface area contributed by atoms with E-state index in [1.807, 2.05) is 14.0 Å². The van der Waals surface area contributed by atoms with Crippen LogP contribution in [0.3, 0.4) is 0 Å². The van der Waals surface area contributed by atoms with Crippen molar-refractivity contribution in [2.24, 2.45) is 18.4 Å². The number of aromatic nitrogens is 2. The van der Waals surface area contributed by atoms with Crippen LogP contribution >= 0.6 is 11.6 Å². The molecule has 0 amide bonds. The van der Waals surface area contributed by atoms with E-state index in [1.165, 1.54) is 0 Å². The smallest absolute Gasteiger partial charge is 0.310 e. The Labute approximate surface area is 125 Å². The molecule has 2 atom stereocenters. The van der Waals surface area contributed by atoms with E-state index >= 15 is 0 Å². The summed E-state index contributed by atoms with van der Waals surface area (Å²) in [5.41, 5.74) is 0.943. The van der Waals surface area contributed by atoms with E-state index in [4.69, 9.17) is 11.6 Å². The summed E-state index contributed by atoms with van der Waals surface area (Å²) in [6.45, 7) is 4.00. The van der Waals surface area contributed by atoms with Crippen molar-refractivity contribution in [1.29, 1.82) is 0 Å². The Bertz CT molecular complexity index is 512. The van der Waals surface area contributed by atoms with Gasteiger partial charge in [0, 0.05) is 13.5 Å². The molecule has 0 aromatic carbocycles. The number of hydrogen-bond acceptors (Lipinski definition) is 2. The lowest BCUT2D eigenvalue weighted by molar-refractivity contribution is -0.152. The molecule has 0 spiro atoms. The highest BCUT2D eigenvalue weighted by atomic mass is 35.5. The van der Waals surface area contributed by atoms with Crippen LogP contribution in [0.25, 0.3) is 0 Å². The van der Waals surface area contributed by atoms with Gasteiger partial charge in [-0.05, 0) is 25.7 Å². The van der Waals surface area contributed by atoms with Gasteiger partial charge in [-0.1, -0.05) is 37.8 Å². The summed E-state index contributed by atoms with van der Waals surface area (Å²) in [6.07, 6.45) is 5.14. The molecule has 1 aliphatic rings. The van der Waals surface area contributed by atoms with Crippen LogP contribution in [0.15, 0.2) is 0 Å². The Balaban J connectivity index is 2.32. The first-order chi connectivity index (χ1) is 9.39. The Kier molecular flexibility index (Phi) is 4.43. The van der Waals surface area contributed by atoms with Gasteiger partial charge in [0.1, 0.15) is 0 Å². The van der Waals surface area contributed by atoms with Crippen LogP contribution in [0.5, 0.6) is 0 Å². The van der Waals surface area contributed by atoms with Crippen LogP contribution in [0, 0.1) is 18.3 Å². The fourth-order valence-electron chi connectivity index (χ4n) is 3.46. The molecular weight excluding hydrogens is 276 g/mol. The second-order valence-corrected chi connectivity index (χ2v) is 6.48. The van der Waals surface area contributed by atoms with Crippen LogP contribution in [0.4, 0.5) is 0 Å². The Hall–Kier alpha value is -1.03. The lowest BCUT2D eigenvalue weighted by Crippen LogP contribution is -2.39. The quantitative estimate of drug-likeness (QED) is 0.924. The zero-order valence-electron chi connectivity index (χ0n) is 12.4. The molecule has 0 saturated heterocycles. The fourth-order valence-corrected chi connectivity index (χ4v) is 3.68. The summed E-state index contributed by atoms with van der Waals surface area (Å²) >= 11 is 6.29. The normalized spacial score (nSPS) is 26.7. The minimum atomic E-state index is -0.689. The third-order valence-corrected chi connectivity index (χ3v) is 5.24. The molecule has 1 saturated carbocycles. The first-order valence-corrected chi connectivity index (χ1v) is 7.69. The first kappa shape index (κ1) is 15.4. The van der Waals surface area contributed by atoms with Crippen LogP contribution < -0.4 is 0 Å². The first-order valence-electron chi connectivity index (χ1n) is 7.31. The number of nitrogens with zero attached hydrogens (tertiary/aromatic N) is 2. The van der Waals surface area contributed by atoms with Crippen molar-refractivity contribution in [2.45, 2.75) is 52.4 Å². The van der Waals surface area contributed by atoms with Gasteiger partial charge in [0.25, 0.3) is 0 Å². The monoisotopic (exact) mass is 298 g/mol. The average Bonchev–Trinajstić information content (AvgIpc) is 2.65. The van der Waals surface area contributed by atoms with Gasteiger partial charge >= 0.3 is 5.97 Å². The predicted octanol–water partition coefficient (Wildman–Crippen LogP) is 3.60. The number of carbonyl (C=O) groups is 1. The van der Waals surface area contributed by atoms with E-state index in [9.17, 15) is 9.90 Å². The second-order valence-electron chi connectivity index (χ2n) is 6.10. The van der Waals surface area contributed by atoms with Gasteiger partial charge in [0.2, 0.25) is 0 Å². The number of aryl methyl sites for hydroxylation is 2. The highest BCUT2D eigenvalue weighted by molar-refractivity contribution is 6.31. The second kappa shape index (κ2) is 5.76. The predicted molar refractivity (Wildman–Crippen MR) is 79.0 cm³/mol. The molecule has 0 radical (unpaired) electrons. The van der Waals surface area contributed by atoms with Crippen LogP contribution in [-0.2, 0) is 18.3 Å². The highest BCUT2D eigenvalue weighted by Gasteiger charge is 2.43. The lowest BCUT2D eigenvalue weighted by atomic mass is 9.66. The summed E-state index contributed by atoms with van der Waals surface area (Å²) in [5, 5.41) is 14.7. The minimum Gasteiger partial charge on any atom is -0.481 e. The number of carboxylic acid groups (broad SMARTS) is 1. The molecule has 1 fully saturated rings. The van der Waals surface area contributed by atoms with Crippen LogP contribution in [0.1, 0.15) is 50.4 Å². The molecule has 20 heavy (non-hydrogen) atoms. The number of aliphatic carboxylic acids is 1. The standard InChI is InChI=1S/C15H23ClN2O2/c1-4-11-6-5-7-15(8-11,14(19)20)9-12-13(16)10(2)17-18(12)3/h11H,4-9H2,1-3H3,(H,19,20). The van der Waals surface area contributed by atoms with Gasteiger partial charge in [-0.15, -0.1) is 0 Å². The number of carboxylic acids is 1. The zero-order chi connectivity index (χ0) is 14.9. The Morgan fingerprint density at radius 1 is 1.60 bits per heavy atom. The number of rotatable bonds is 4. The topological polar surface area (TPSA) is 55.1 Å². The third kappa shape index (κ3) is 2.71. The van der Waals surface area contributed by atoms with E-state index in [1.54, 1.807) is 4.68 Å². The lowest BCUT2D eigenvalue weighted by Gasteiger charge is -2.37. The molecule has 4 nitrogen and oxygen atoms in total. The van der Waals surface area contributed by atoms with Gasteiger partial charge in [0.05, 0.1) is 21.8 Å². The van der Waals surface area contributed by atoms with Crippen molar-refractivity contribution >= 4 is 17.6 Å². The molecule has 2 unspecified atom stereocenters. The van der Waals surface area contributed by atoms with E-state index < -0.39 is 11.4 Å². The molecule has 2 rings (SSSR count). The minimum absolute atomic E-state index is 0.481. The van der Waals surface area contributed by atoms with Gasteiger partial charge in [-0.2, -0.15) is 5.10 Å². The molecule has 1 aromatic heterocycles. The van der Waals surface area contributed by atoms with Crippen molar-refractivity contribution in [3.63, 3.8) is 0 Å². The van der Waals surface area contributed by atoms with E-state index in [-0.39, 0.29) is 0 Å². The summed E-state index contributed by atoms with van der Waals surface area (Å²) in [5.74, 6) is -0.182. The SMILES string of the molecule is CCC1CCCC(Cc2c(Cl)c(C)nn2C)(C(=O)O)C1. The van der Waals surface area contributed by atoms with Crippen molar-refractivity contribution in [3.8, 4) is 0 Å². The maximum atomic E-state index is 11.9. The van der Waals surface area contributed by atoms with Gasteiger partial charge in [-0.25, -0.2) is 0 Å². The van der Waals surface area contributed by atoms with E-state index in [2.05, 4.69) is 12.0 Å². The molecule has 1 N–H and O–H groups in total. The van der Waals surface area contributed by atoms with Crippen LogP contribution in [-0.4, -0.2) is 20.9 Å². The molecule has 0 aliphatic heterocycles. The van der Waals surface area contributed by atoms with Crippen LogP contribution in [0.2, 0.25) is 5.02 Å². The summed E-state index contributed by atoms with van der Waals surface area (Å²) in [7, 11) is 1.84. The molecule has 1 heterocycles. The van der Waals surface area contributed by atoms with E-state index in [0.29, 0.717) is 17.4 Å². The molecule has 5 heteroatoms. The molecule has 1 aromatic rings. The molecule has 0 bridgehead atoms. The summed E-state index contributed by atoms with van der Waals surface area (Å²) in [6, 6.07) is 0. The molecule has 112 valence electrons. The van der Waals surface area contributed by atoms with Crippen molar-refractivity contribution in [1.82, 2.24) is 9.78 Å². The third-order valence-electron chi connectivity index (χ3n) is 4.75. The van der Waals surface area contributed by atoms with E-state index in [0.717, 1.165) is 43.5 Å². The van der Waals surface area contributed by atoms with Gasteiger partial charge in [0.15, 0.2) is 0 Å². The maximum absolute atomic E-state index is 11.9. The molecular formula is C15H23ClN2O2. The van der Waals surface area contributed by atoms with Gasteiger partial charge < -0.3 is 5.11 Å². The average molecular weight is 299 g/mol. The highest BCUT2D eigenvalue weighted by Crippen LogP contribution is 2.44. The fraction of sp³-hybridized carbons (Fsp3) is 0.733. The Morgan fingerprint density at radius 2 is 2.30 bits per heavy atom. The van der Waals surface area contributed by atoms with Crippen molar-refractivity contribution in [2.75, 3.05) is 0 Å². The summed E-state index contributed by atoms with van der Waals surface area (Å²) in [4.78, 5) is 11.9. The number of halogens is 1. The largest absolute Gasteiger partial charge is 0.481 e. The summed E-state index contributed by atoms with van der Waals surface area (Å²) < 4.78 is 1.73. The van der Waals surface area contributed by atoms with Crippen molar-refractivity contribution < 1.29 is 9.90 Å². The van der Waals surface area contributed by atoms with Gasteiger partial charge in [-0.3, -0.25) is 9.48 Å².